The van der Waals surface area contributed by atoms with Gasteiger partial charge in [-0.2, -0.15) is 0 Å². The van der Waals surface area contributed by atoms with Crippen molar-refractivity contribution in [2.24, 2.45) is 39.7 Å². The second kappa shape index (κ2) is 11.0. The third-order valence-corrected chi connectivity index (χ3v) is 10.4. The van der Waals surface area contributed by atoms with E-state index in [9.17, 15) is 19.5 Å². The Balaban J connectivity index is 1.36. The molecule has 3 saturated carbocycles. The van der Waals surface area contributed by atoms with Crippen molar-refractivity contribution in [3.05, 3.63) is 11.6 Å². The molecule has 0 aromatic carbocycles. The van der Waals surface area contributed by atoms with Crippen LogP contribution < -0.4 is 10.6 Å². The Hall–Kier alpha value is -2.86. The molecule has 0 saturated heterocycles. The van der Waals surface area contributed by atoms with Crippen molar-refractivity contribution >= 4 is 23.5 Å². The first-order valence-corrected chi connectivity index (χ1v) is 14.2. The normalized spacial score (nSPS) is 37.0. The van der Waals surface area contributed by atoms with Crippen LogP contribution in [0.15, 0.2) is 16.8 Å². The molecule has 7 atom stereocenters. The number of terminal acetylenes is 1. The van der Waals surface area contributed by atoms with E-state index in [1.807, 2.05) is 0 Å². The number of hydrogen-bond donors (Lipinski definition) is 4. The summed E-state index contributed by atoms with van der Waals surface area (Å²) in [6.45, 7) is 7.28. The molecule has 0 spiro atoms. The average Bonchev–Trinajstić information content (AvgIpc) is 3.16. The second-order valence-corrected chi connectivity index (χ2v) is 12.8. The first-order valence-electron chi connectivity index (χ1n) is 14.2. The standard InChI is InChI=1S/C30H43N3O6/c1-6-30(38)14-11-23-21-8-7-19-15-20(9-12-28(19,4)22(21)10-13-29(23,30)5)33-39-17-24(34)32-26(18(2)3)27(37)31-16-25(35)36/h1,15,18,21-23,26,38H,7-14,16-17H2,2-5H3,(H,31,37)(H,32,34)(H,35,36)/b33-20+/t21-,22+,23-,26-,28+,29+,30-/m1/s1. The highest BCUT2D eigenvalue weighted by molar-refractivity contribution is 5.96. The molecule has 0 heterocycles. The minimum atomic E-state index is -1.15. The monoisotopic (exact) mass is 541 g/mol. The number of allylic oxidation sites excluding steroid dienone is 2. The van der Waals surface area contributed by atoms with E-state index in [1.165, 1.54) is 5.57 Å². The number of nitrogens with one attached hydrogen (secondary N) is 2. The maximum absolute atomic E-state index is 12.4. The number of rotatable bonds is 8. The summed E-state index contributed by atoms with van der Waals surface area (Å²) in [6.07, 6.45) is 15.5. The van der Waals surface area contributed by atoms with Crippen LogP contribution in [0.5, 0.6) is 0 Å². The van der Waals surface area contributed by atoms with Crippen molar-refractivity contribution in [1.82, 2.24) is 10.6 Å². The molecular weight excluding hydrogens is 498 g/mol. The lowest BCUT2D eigenvalue weighted by atomic mass is 9.46. The van der Waals surface area contributed by atoms with E-state index in [0.29, 0.717) is 24.2 Å². The molecule has 4 rings (SSSR count). The number of carbonyl (C=O) groups is 3. The van der Waals surface area contributed by atoms with E-state index in [4.69, 9.17) is 16.4 Å². The van der Waals surface area contributed by atoms with Gasteiger partial charge in [0.2, 0.25) is 5.91 Å². The van der Waals surface area contributed by atoms with Crippen LogP contribution in [0.1, 0.15) is 79.1 Å². The number of amides is 2. The van der Waals surface area contributed by atoms with Crippen LogP contribution in [0.4, 0.5) is 0 Å². The number of aliphatic hydroxyl groups is 1. The zero-order valence-corrected chi connectivity index (χ0v) is 23.6. The lowest BCUT2D eigenvalue weighted by Crippen LogP contribution is -2.54. The zero-order chi connectivity index (χ0) is 28.6. The predicted octanol–water partition coefficient (Wildman–Crippen LogP) is 3.03. The summed E-state index contributed by atoms with van der Waals surface area (Å²) in [6, 6.07) is -0.866. The van der Waals surface area contributed by atoms with E-state index in [2.05, 4.69) is 41.6 Å². The fourth-order valence-corrected chi connectivity index (χ4v) is 8.09. The van der Waals surface area contributed by atoms with Crippen molar-refractivity contribution in [2.45, 2.75) is 90.7 Å². The summed E-state index contributed by atoms with van der Waals surface area (Å²) in [4.78, 5) is 40.8. The topological polar surface area (TPSA) is 137 Å². The van der Waals surface area contributed by atoms with Crippen LogP contribution in [-0.4, -0.2) is 58.5 Å². The summed E-state index contributed by atoms with van der Waals surface area (Å²) in [5.41, 5.74) is 1.10. The molecule has 0 bridgehead atoms. The number of fused-ring (bicyclic) bond motifs is 5. The van der Waals surface area contributed by atoms with Gasteiger partial charge >= 0.3 is 5.97 Å². The number of oxime groups is 1. The van der Waals surface area contributed by atoms with E-state index in [0.717, 1.165) is 50.7 Å². The van der Waals surface area contributed by atoms with Gasteiger partial charge < -0.3 is 25.7 Å². The Labute approximate surface area is 231 Å². The molecule has 3 fully saturated rings. The minimum Gasteiger partial charge on any atom is -0.480 e. The fraction of sp³-hybridized carbons (Fsp3) is 0.733. The number of hydrogen-bond acceptors (Lipinski definition) is 6. The van der Waals surface area contributed by atoms with Crippen molar-refractivity contribution in [1.29, 1.82) is 0 Å². The highest BCUT2D eigenvalue weighted by Crippen LogP contribution is 2.67. The highest BCUT2D eigenvalue weighted by atomic mass is 16.6. The molecule has 9 nitrogen and oxygen atoms in total. The smallest absolute Gasteiger partial charge is 0.322 e. The Morgan fingerprint density at radius 1 is 1.15 bits per heavy atom. The van der Waals surface area contributed by atoms with Crippen molar-refractivity contribution in [3.8, 4) is 12.3 Å². The van der Waals surface area contributed by atoms with Gasteiger partial charge in [-0.3, -0.25) is 14.4 Å². The van der Waals surface area contributed by atoms with Gasteiger partial charge in [0.1, 0.15) is 18.2 Å². The Morgan fingerprint density at radius 2 is 1.87 bits per heavy atom. The molecule has 0 radical (unpaired) electrons. The first kappa shape index (κ1) is 29.1. The molecule has 0 aliphatic heterocycles. The maximum Gasteiger partial charge on any atom is 0.322 e. The lowest BCUT2D eigenvalue weighted by Gasteiger charge is -2.58. The van der Waals surface area contributed by atoms with Crippen LogP contribution in [-0.2, 0) is 19.2 Å². The molecule has 0 aromatic rings. The van der Waals surface area contributed by atoms with Crippen LogP contribution in [0.2, 0.25) is 0 Å². The Bertz CT molecular complexity index is 1110. The third kappa shape index (κ3) is 5.32. The zero-order valence-electron chi connectivity index (χ0n) is 23.6. The summed E-state index contributed by atoms with van der Waals surface area (Å²) >= 11 is 0. The third-order valence-electron chi connectivity index (χ3n) is 10.4. The van der Waals surface area contributed by atoms with Gasteiger partial charge in [-0.25, -0.2) is 0 Å². The quantitative estimate of drug-likeness (QED) is 0.275. The van der Waals surface area contributed by atoms with Gasteiger partial charge in [0, 0.05) is 5.41 Å². The van der Waals surface area contributed by atoms with Gasteiger partial charge in [-0.1, -0.05) is 44.3 Å². The Kier molecular flexibility index (Phi) is 8.18. The summed E-state index contributed by atoms with van der Waals surface area (Å²) in [5, 5.41) is 29.1. The molecule has 39 heavy (non-hydrogen) atoms. The van der Waals surface area contributed by atoms with E-state index in [-0.39, 0.29) is 23.4 Å². The number of carboxylic acid groups (broad SMARTS) is 1. The highest BCUT2D eigenvalue weighted by Gasteiger charge is 2.63. The SMILES string of the molecule is C#C[C@@]1(O)CC[C@@H]2[C@@H]3CCC4=C/C(=N/OCC(=O)N[C@@H](C(=O)NCC(=O)O)C(C)C)CC[C@]4(C)[C@H]3CC[C@@]21C. The average molecular weight is 542 g/mol. The van der Waals surface area contributed by atoms with E-state index < -0.39 is 36.0 Å². The second-order valence-electron chi connectivity index (χ2n) is 12.8. The number of carbonyl (C=O) groups excluding carboxylic acids is 2. The number of aliphatic carboxylic acids is 1. The molecule has 4 aliphatic rings. The molecule has 2 amide bonds. The summed E-state index contributed by atoms with van der Waals surface area (Å²) in [5.74, 6) is 1.90. The number of carboxylic acids is 1. The molecule has 9 heteroatoms. The van der Waals surface area contributed by atoms with Gasteiger partial charge in [-0.05, 0) is 86.5 Å². The first-order chi connectivity index (χ1) is 18.3. The van der Waals surface area contributed by atoms with Crippen LogP contribution in [0, 0.1) is 46.8 Å². The van der Waals surface area contributed by atoms with Gasteiger partial charge in [0.25, 0.3) is 5.91 Å². The fourth-order valence-electron chi connectivity index (χ4n) is 8.09. The van der Waals surface area contributed by atoms with Crippen molar-refractivity contribution in [3.63, 3.8) is 0 Å². The Morgan fingerprint density at radius 3 is 2.54 bits per heavy atom. The molecule has 214 valence electrons. The molecular formula is C30H43N3O6. The lowest BCUT2D eigenvalue weighted by molar-refractivity contribution is -0.138. The molecule has 4 N–H and O–H groups in total. The summed E-state index contributed by atoms with van der Waals surface area (Å²) < 4.78 is 0. The van der Waals surface area contributed by atoms with Crippen molar-refractivity contribution < 1.29 is 29.4 Å². The van der Waals surface area contributed by atoms with Crippen LogP contribution >= 0.6 is 0 Å². The number of nitrogens with zero attached hydrogens (tertiary/aromatic N) is 1. The molecule has 0 aromatic heterocycles. The van der Waals surface area contributed by atoms with Gasteiger partial charge in [0.15, 0.2) is 6.61 Å². The molecule has 4 aliphatic carbocycles. The summed E-state index contributed by atoms with van der Waals surface area (Å²) in [7, 11) is 0. The predicted molar refractivity (Wildman–Crippen MR) is 146 cm³/mol. The van der Waals surface area contributed by atoms with Gasteiger partial charge in [0.05, 0.1) is 5.71 Å². The minimum absolute atomic E-state index is 0.0886. The van der Waals surface area contributed by atoms with E-state index in [1.54, 1.807) is 13.8 Å². The van der Waals surface area contributed by atoms with Gasteiger partial charge in [-0.15, -0.1) is 6.42 Å². The van der Waals surface area contributed by atoms with Crippen LogP contribution in [0.25, 0.3) is 0 Å². The largest absolute Gasteiger partial charge is 0.480 e. The van der Waals surface area contributed by atoms with E-state index >= 15 is 0 Å². The van der Waals surface area contributed by atoms with Crippen LogP contribution in [0.3, 0.4) is 0 Å². The molecule has 0 unspecified atom stereocenters. The maximum atomic E-state index is 12.4. The van der Waals surface area contributed by atoms with Crippen molar-refractivity contribution in [2.75, 3.05) is 13.2 Å².